The predicted molar refractivity (Wildman–Crippen MR) is 197 cm³/mol. The van der Waals surface area contributed by atoms with Crippen molar-refractivity contribution < 1.29 is 28.6 Å². The molecule has 2 aliphatic carbocycles. The molecule has 2 saturated heterocycles. The molecule has 2 atom stereocenters. The summed E-state index contributed by atoms with van der Waals surface area (Å²) in [7, 11) is 0. The quantitative estimate of drug-likeness (QED) is 0.351. The summed E-state index contributed by atoms with van der Waals surface area (Å²) in [6.45, 7) is 9.30. The molecule has 0 radical (unpaired) electrons. The third-order valence-corrected chi connectivity index (χ3v) is 12.2. The van der Waals surface area contributed by atoms with Crippen LogP contribution in [0.15, 0.2) is 41.3 Å². The Morgan fingerprint density at radius 2 is 1.56 bits per heavy atom. The molecule has 4 fully saturated rings. The van der Waals surface area contributed by atoms with E-state index < -0.39 is 34.1 Å². The standard InChI is InChI=1S/C41H57FN4O6/c1-29(24-30-12-6-5-7-13-30)36(48)45-19-18-41(51,40(27-45)16-10-11-17-40)28-46-26-33(32(25-35(46)47)31-14-8-9-15-34(31)42)37(49)43-20-22-44(23-21-43)38(50)52-39(2,3)4/h8-9,14-15,25-26,29-30,51H,5-7,10-13,16-24,27-28H2,1-4H3/t29-,41-/m1/s1. The number of benzene rings is 1. The normalized spacial score (nSPS) is 23.2. The maximum Gasteiger partial charge on any atom is 0.410 e. The summed E-state index contributed by atoms with van der Waals surface area (Å²) < 4.78 is 22.2. The predicted octanol–water partition coefficient (Wildman–Crippen LogP) is 6.48. The van der Waals surface area contributed by atoms with E-state index in [1.54, 1.807) is 48.8 Å². The Kier molecular flexibility index (Phi) is 11.2. The second-order valence-corrected chi connectivity index (χ2v) is 17.0. The maximum absolute atomic E-state index is 15.2. The second kappa shape index (κ2) is 15.3. The van der Waals surface area contributed by atoms with E-state index in [9.17, 15) is 24.3 Å². The molecule has 4 aliphatic rings. The summed E-state index contributed by atoms with van der Waals surface area (Å²) in [5.74, 6) is -0.252. The van der Waals surface area contributed by atoms with Crippen LogP contribution in [0.1, 0.15) is 109 Å². The number of piperazine rings is 1. The number of halogens is 1. The third-order valence-electron chi connectivity index (χ3n) is 12.2. The van der Waals surface area contributed by atoms with Crippen LogP contribution in [0.2, 0.25) is 0 Å². The number of amides is 3. The van der Waals surface area contributed by atoms with Gasteiger partial charge in [0.1, 0.15) is 11.4 Å². The Morgan fingerprint density at radius 1 is 0.904 bits per heavy atom. The van der Waals surface area contributed by atoms with Gasteiger partial charge in [0.05, 0.1) is 17.7 Å². The summed E-state index contributed by atoms with van der Waals surface area (Å²) in [5.41, 5.74) is -2.45. The largest absolute Gasteiger partial charge is 0.444 e. The van der Waals surface area contributed by atoms with Crippen LogP contribution in [0.5, 0.6) is 0 Å². The molecule has 11 heteroatoms. The van der Waals surface area contributed by atoms with Gasteiger partial charge < -0.3 is 29.1 Å². The van der Waals surface area contributed by atoms with Crippen LogP contribution in [0.25, 0.3) is 11.1 Å². The molecule has 52 heavy (non-hydrogen) atoms. The molecule has 3 heterocycles. The number of pyridine rings is 1. The van der Waals surface area contributed by atoms with Crippen molar-refractivity contribution >= 4 is 17.9 Å². The van der Waals surface area contributed by atoms with Gasteiger partial charge in [0.15, 0.2) is 0 Å². The van der Waals surface area contributed by atoms with Gasteiger partial charge in [-0.1, -0.05) is 70.1 Å². The number of rotatable bonds is 7. The topological polar surface area (TPSA) is 112 Å². The number of hydrogen-bond donors (Lipinski definition) is 1. The lowest BCUT2D eigenvalue weighted by Crippen LogP contribution is -2.62. The molecule has 0 bridgehead atoms. The molecule has 2 aliphatic heterocycles. The Morgan fingerprint density at radius 3 is 2.21 bits per heavy atom. The average Bonchev–Trinajstić information content (AvgIpc) is 3.59. The monoisotopic (exact) mass is 720 g/mol. The van der Waals surface area contributed by atoms with Gasteiger partial charge in [0.25, 0.3) is 11.5 Å². The zero-order valence-corrected chi connectivity index (χ0v) is 31.5. The van der Waals surface area contributed by atoms with Crippen molar-refractivity contribution in [2.45, 2.75) is 116 Å². The number of nitrogens with zero attached hydrogens (tertiary/aromatic N) is 4. The van der Waals surface area contributed by atoms with E-state index >= 15 is 4.39 Å². The molecule has 1 aromatic carbocycles. The third kappa shape index (κ3) is 8.09. The highest BCUT2D eigenvalue weighted by Crippen LogP contribution is 2.52. The highest BCUT2D eigenvalue weighted by Gasteiger charge is 2.56. The van der Waals surface area contributed by atoms with Gasteiger partial charge in [-0.25, -0.2) is 9.18 Å². The zero-order valence-electron chi connectivity index (χ0n) is 31.5. The number of ether oxygens (including phenoxy) is 1. The van der Waals surface area contributed by atoms with E-state index in [0.717, 1.165) is 32.1 Å². The van der Waals surface area contributed by atoms with Crippen molar-refractivity contribution in [2.75, 3.05) is 39.3 Å². The number of piperidine rings is 1. The van der Waals surface area contributed by atoms with Gasteiger partial charge in [-0.3, -0.25) is 14.4 Å². The SMILES string of the molecule is C[C@H](CC1CCCCC1)C(=O)N1CC[C@@](O)(Cn2cc(C(=O)N3CCN(C(=O)OC(C)(C)C)CC3)c(-c3ccccc3F)cc2=O)C2(CCCC2)C1. The van der Waals surface area contributed by atoms with E-state index in [0.29, 0.717) is 25.4 Å². The maximum atomic E-state index is 15.2. The molecule has 3 amide bonds. The molecule has 1 spiro atoms. The van der Waals surface area contributed by atoms with E-state index in [-0.39, 0.29) is 67.1 Å². The molecule has 0 unspecified atom stereocenters. The minimum absolute atomic E-state index is 0.0320. The lowest BCUT2D eigenvalue weighted by Gasteiger charge is -2.53. The van der Waals surface area contributed by atoms with E-state index in [2.05, 4.69) is 0 Å². The Hall–Kier alpha value is -3.73. The first-order chi connectivity index (χ1) is 24.7. The smallest absolute Gasteiger partial charge is 0.410 e. The van der Waals surface area contributed by atoms with Crippen LogP contribution in [0.3, 0.4) is 0 Å². The molecule has 1 N–H and O–H groups in total. The van der Waals surface area contributed by atoms with Gasteiger partial charge >= 0.3 is 6.09 Å². The van der Waals surface area contributed by atoms with Crippen LogP contribution in [0, 0.1) is 23.1 Å². The van der Waals surface area contributed by atoms with Crippen molar-refractivity contribution in [1.29, 1.82) is 0 Å². The minimum Gasteiger partial charge on any atom is -0.444 e. The van der Waals surface area contributed by atoms with Gasteiger partial charge in [-0.15, -0.1) is 0 Å². The van der Waals surface area contributed by atoms with E-state index in [4.69, 9.17) is 4.74 Å². The first-order valence-corrected chi connectivity index (χ1v) is 19.5. The van der Waals surface area contributed by atoms with Gasteiger partial charge in [-0.05, 0) is 58.4 Å². The molecule has 284 valence electrons. The fourth-order valence-electron chi connectivity index (χ4n) is 9.26. The molecule has 1 aromatic heterocycles. The molecule has 2 aromatic rings. The van der Waals surface area contributed by atoms with Crippen LogP contribution in [-0.2, 0) is 16.1 Å². The minimum atomic E-state index is -1.28. The summed E-state index contributed by atoms with van der Waals surface area (Å²) in [4.78, 5) is 59.8. The number of carbonyl (C=O) groups excluding carboxylic acids is 3. The van der Waals surface area contributed by atoms with Crippen LogP contribution >= 0.6 is 0 Å². The highest BCUT2D eigenvalue weighted by molar-refractivity contribution is 6.00. The highest BCUT2D eigenvalue weighted by atomic mass is 19.1. The van der Waals surface area contributed by atoms with E-state index in [1.165, 1.54) is 55.0 Å². The van der Waals surface area contributed by atoms with E-state index in [1.807, 2.05) is 11.8 Å². The molecule has 10 nitrogen and oxygen atoms in total. The van der Waals surface area contributed by atoms with Crippen molar-refractivity contribution in [3.63, 3.8) is 0 Å². The van der Waals surface area contributed by atoms with Gasteiger partial charge in [0.2, 0.25) is 5.91 Å². The van der Waals surface area contributed by atoms with Gasteiger partial charge in [0, 0.05) is 74.0 Å². The number of aliphatic hydroxyl groups is 1. The molecule has 6 rings (SSSR count). The Labute approximate surface area is 307 Å². The first-order valence-electron chi connectivity index (χ1n) is 19.5. The molecular formula is C41H57FN4O6. The summed E-state index contributed by atoms with van der Waals surface area (Å²) in [6.07, 6.45) is 11.8. The average molecular weight is 721 g/mol. The van der Waals surface area contributed by atoms with Gasteiger partial charge in [-0.2, -0.15) is 0 Å². The molecule has 2 saturated carbocycles. The van der Waals surface area contributed by atoms with Crippen molar-refractivity contribution in [1.82, 2.24) is 19.3 Å². The summed E-state index contributed by atoms with van der Waals surface area (Å²) in [6, 6.07) is 7.37. The summed E-state index contributed by atoms with van der Waals surface area (Å²) in [5, 5.41) is 12.6. The summed E-state index contributed by atoms with van der Waals surface area (Å²) >= 11 is 0. The first kappa shape index (κ1) is 38.0. The number of hydrogen-bond acceptors (Lipinski definition) is 6. The fraction of sp³-hybridized carbons (Fsp3) is 0.659. The fourth-order valence-corrected chi connectivity index (χ4v) is 9.26. The Balaban J connectivity index is 1.25. The van der Waals surface area contributed by atoms with Crippen LogP contribution in [-0.4, -0.2) is 92.8 Å². The zero-order chi connectivity index (χ0) is 37.3. The van der Waals surface area contributed by atoms with Crippen LogP contribution in [0.4, 0.5) is 9.18 Å². The number of likely N-dealkylation sites (tertiary alicyclic amines) is 1. The van der Waals surface area contributed by atoms with Crippen LogP contribution < -0.4 is 5.56 Å². The Bertz CT molecular complexity index is 1680. The van der Waals surface area contributed by atoms with Crippen molar-refractivity contribution in [3.8, 4) is 11.1 Å². The second-order valence-electron chi connectivity index (χ2n) is 17.0. The van der Waals surface area contributed by atoms with Crippen molar-refractivity contribution in [3.05, 3.63) is 58.3 Å². The lowest BCUT2D eigenvalue weighted by molar-refractivity contribution is -0.163. The molecular weight excluding hydrogens is 663 g/mol. The van der Waals surface area contributed by atoms with Crippen molar-refractivity contribution in [2.24, 2.45) is 17.3 Å². The number of carbonyl (C=O) groups is 3. The lowest BCUT2D eigenvalue weighted by atomic mass is 9.65. The number of aromatic nitrogens is 1.